The van der Waals surface area contributed by atoms with Crippen molar-refractivity contribution in [3.8, 4) is 0 Å². The number of hydrogen-bond donors (Lipinski definition) is 0. The molecule has 110 valence electrons. The van der Waals surface area contributed by atoms with Gasteiger partial charge in [-0.1, -0.05) is 52.9 Å². The van der Waals surface area contributed by atoms with Crippen molar-refractivity contribution in [3.05, 3.63) is 58.6 Å². The average Bonchev–Trinajstić information content (AvgIpc) is 3.05. The molecule has 3 nitrogen and oxygen atoms in total. The lowest BCUT2D eigenvalue weighted by molar-refractivity contribution is 0.940. The van der Waals surface area contributed by atoms with Crippen LogP contribution in [0.1, 0.15) is 11.1 Å². The second-order valence-electron chi connectivity index (χ2n) is 5.09. The quantitative estimate of drug-likeness (QED) is 0.478. The fourth-order valence-electron chi connectivity index (χ4n) is 2.34. The van der Waals surface area contributed by atoms with Crippen molar-refractivity contribution in [3.63, 3.8) is 0 Å². The van der Waals surface area contributed by atoms with Crippen LogP contribution in [-0.4, -0.2) is 14.6 Å². The third-order valence-electron chi connectivity index (χ3n) is 3.44. The molecule has 0 spiro atoms. The second-order valence-corrected chi connectivity index (χ2v) is 7.48. The van der Waals surface area contributed by atoms with Crippen LogP contribution in [0, 0.1) is 6.92 Å². The van der Waals surface area contributed by atoms with Gasteiger partial charge in [0.1, 0.15) is 0 Å². The van der Waals surface area contributed by atoms with Crippen molar-refractivity contribution >= 4 is 49.9 Å². The molecule has 4 aromatic rings. The molecule has 0 aliphatic carbocycles. The van der Waals surface area contributed by atoms with E-state index in [4.69, 9.17) is 11.6 Å². The number of nitrogens with zero attached hydrogens (tertiary/aromatic N) is 3. The van der Waals surface area contributed by atoms with Crippen molar-refractivity contribution in [1.82, 2.24) is 14.6 Å². The minimum absolute atomic E-state index is 0.762. The Labute approximate surface area is 140 Å². The first-order chi connectivity index (χ1) is 10.7. The lowest BCUT2D eigenvalue weighted by Crippen LogP contribution is -1.87. The number of thioether (sulfide) groups is 1. The van der Waals surface area contributed by atoms with E-state index in [2.05, 4.69) is 39.7 Å². The van der Waals surface area contributed by atoms with Crippen molar-refractivity contribution in [2.75, 3.05) is 0 Å². The number of halogens is 1. The molecule has 2 aromatic carbocycles. The predicted octanol–water partition coefficient (Wildman–Crippen LogP) is 5.20. The number of hydrogen-bond acceptors (Lipinski definition) is 4. The maximum Gasteiger partial charge on any atom is 0.217 e. The number of aryl methyl sites for hydroxylation is 1. The van der Waals surface area contributed by atoms with Crippen LogP contribution in [0.3, 0.4) is 0 Å². The summed E-state index contributed by atoms with van der Waals surface area (Å²) in [5.41, 5.74) is 3.66. The Hall–Kier alpha value is -1.56. The molecule has 0 amide bonds. The Kier molecular flexibility index (Phi) is 3.56. The first kappa shape index (κ1) is 14.1. The lowest BCUT2D eigenvalue weighted by atomic mass is 10.2. The van der Waals surface area contributed by atoms with Gasteiger partial charge in [0.05, 0.1) is 10.2 Å². The molecule has 0 aliphatic heterocycles. The van der Waals surface area contributed by atoms with Crippen LogP contribution in [0.4, 0.5) is 0 Å². The van der Waals surface area contributed by atoms with Crippen LogP contribution in [0.5, 0.6) is 0 Å². The summed E-state index contributed by atoms with van der Waals surface area (Å²) in [7, 11) is 0. The van der Waals surface area contributed by atoms with E-state index in [-0.39, 0.29) is 0 Å². The highest BCUT2D eigenvalue weighted by Gasteiger charge is 2.12. The molecular formula is C16H12ClN3S2. The minimum Gasteiger partial charge on any atom is -0.260 e. The van der Waals surface area contributed by atoms with E-state index in [0.717, 1.165) is 20.9 Å². The molecule has 0 aliphatic rings. The highest BCUT2D eigenvalue weighted by Crippen LogP contribution is 2.31. The summed E-state index contributed by atoms with van der Waals surface area (Å²) in [4.78, 5) is 0.944. The van der Waals surface area contributed by atoms with Gasteiger partial charge in [0.2, 0.25) is 4.96 Å². The summed E-state index contributed by atoms with van der Waals surface area (Å²) in [6.45, 7) is 2.11. The van der Waals surface area contributed by atoms with Crippen LogP contribution in [0.2, 0.25) is 5.02 Å². The molecular weight excluding hydrogens is 334 g/mol. The largest absolute Gasteiger partial charge is 0.260 e. The molecule has 6 heteroatoms. The number of thiazole rings is 1. The summed E-state index contributed by atoms with van der Waals surface area (Å²) < 4.78 is 3.39. The maximum atomic E-state index is 5.92. The van der Waals surface area contributed by atoms with Crippen LogP contribution in [0.25, 0.3) is 15.2 Å². The molecule has 4 rings (SSSR count). The molecule has 0 fully saturated rings. The van der Waals surface area contributed by atoms with Crippen LogP contribution < -0.4 is 0 Å². The molecule has 2 heterocycles. The number of benzene rings is 2. The number of aromatic nitrogens is 3. The van der Waals surface area contributed by atoms with Gasteiger partial charge < -0.3 is 0 Å². The van der Waals surface area contributed by atoms with Gasteiger partial charge in [-0.3, -0.25) is 4.40 Å². The number of rotatable bonds is 3. The second kappa shape index (κ2) is 5.57. The van der Waals surface area contributed by atoms with Crippen molar-refractivity contribution in [2.45, 2.75) is 17.8 Å². The van der Waals surface area contributed by atoms with Gasteiger partial charge in [0, 0.05) is 10.8 Å². The topological polar surface area (TPSA) is 30.2 Å². The number of fused-ring (bicyclic) bond motifs is 3. The van der Waals surface area contributed by atoms with E-state index in [0.29, 0.717) is 0 Å². The van der Waals surface area contributed by atoms with Gasteiger partial charge in [0.25, 0.3) is 0 Å². The Bertz CT molecular complexity index is 957. The summed E-state index contributed by atoms with van der Waals surface area (Å²) in [6.07, 6.45) is 0. The summed E-state index contributed by atoms with van der Waals surface area (Å²) in [5.74, 6) is 0.848. The van der Waals surface area contributed by atoms with E-state index in [1.54, 1.807) is 23.1 Å². The van der Waals surface area contributed by atoms with Gasteiger partial charge in [-0.2, -0.15) is 0 Å². The normalized spacial score (nSPS) is 11.5. The van der Waals surface area contributed by atoms with Gasteiger partial charge in [-0.05, 0) is 42.3 Å². The van der Waals surface area contributed by atoms with E-state index in [9.17, 15) is 0 Å². The fourth-order valence-corrected chi connectivity index (χ4v) is 4.48. The Morgan fingerprint density at radius 1 is 1.14 bits per heavy atom. The Morgan fingerprint density at radius 3 is 2.77 bits per heavy atom. The molecule has 2 aromatic heterocycles. The zero-order valence-electron chi connectivity index (χ0n) is 11.8. The van der Waals surface area contributed by atoms with Crippen molar-refractivity contribution in [2.24, 2.45) is 0 Å². The van der Waals surface area contributed by atoms with Crippen LogP contribution in [0.15, 0.2) is 47.6 Å². The molecule has 0 saturated heterocycles. The van der Waals surface area contributed by atoms with Gasteiger partial charge >= 0.3 is 0 Å². The smallest absolute Gasteiger partial charge is 0.217 e. The van der Waals surface area contributed by atoms with Gasteiger partial charge in [0.15, 0.2) is 5.16 Å². The van der Waals surface area contributed by atoms with Gasteiger partial charge in [-0.25, -0.2) is 0 Å². The molecule has 22 heavy (non-hydrogen) atoms. The van der Waals surface area contributed by atoms with E-state index in [1.165, 1.54) is 21.3 Å². The zero-order valence-corrected chi connectivity index (χ0v) is 14.2. The molecule has 0 radical (unpaired) electrons. The van der Waals surface area contributed by atoms with E-state index in [1.807, 2.05) is 24.3 Å². The van der Waals surface area contributed by atoms with Crippen molar-refractivity contribution < 1.29 is 0 Å². The van der Waals surface area contributed by atoms with Crippen LogP contribution in [-0.2, 0) is 5.75 Å². The monoisotopic (exact) mass is 345 g/mol. The molecule has 0 unspecified atom stereocenters. The zero-order chi connectivity index (χ0) is 15.1. The molecule has 0 atom stereocenters. The van der Waals surface area contributed by atoms with E-state index >= 15 is 0 Å². The standard InChI is InChI=1S/C16H12ClN3S2/c1-10-2-7-13-14(8-10)22-16-19-18-15(20(13)16)21-9-11-3-5-12(17)6-4-11/h2-8H,9H2,1H3. The van der Waals surface area contributed by atoms with Gasteiger partial charge in [-0.15, -0.1) is 10.2 Å². The molecule has 0 N–H and O–H groups in total. The summed E-state index contributed by atoms with van der Waals surface area (Å²) in [6, 6.07) is 14.4. The first-order valence-electron chi connectivity index (χ1n) is 6.82. The lowest BCUT2D eigenvalue weighted by Gasteiger charge is -2.01. The van der Waals surface area contributed by atoms with Crippen LogP contribution >= 0.6 is 34.7 Å². The SMILES string of the molecule is Cc1ccc2c(c1)sc1nnc(SCc3ccc(Cl)cc3)n12. The summed E-state index contributed by atoms with van der Waals surface area (Å²) in [5, 5.41) is 10.3. The summed E-state index contributed by atoms with van der Waals surface area (Å²) >= 11 is 9.29. The average molecular weight is 346 g/mol. The highest BCUT2D eigenvalue weighted by molar-refractivity contribution is 7.98. The fraction of sp³-hybridized carbons (Fsp3) is 0.125. The Balaban J connectivity index is 1.69. The van der Waals surface area contributed by atoms with E-state index < -0.39 is 0 Å². The third kappa shape index (κ3) is 2.49. The predicted molar refractivity (Wildman–Crippen MR) is 94.1 cm³/mol. The van der Waals surface area contributed by atoms with Crippen molar-refractivity contribution in [1.29, 1.82) is 0 Å². The maximum absolute atomic E-state index is 5.92. The Morgan fingerprint density at radius 2 is 1.95 bits per heavy atom. The molecule has 0 saturated carbocycles. The highest BCUT2D eigenvalue weighted by atomic mass is 35.5. The molecule has 0 bridgehead atoms. The first-order valence-corrected chi connectivity index (χ1v) is 9.00. The third-order valence-corrected chi connectivity index (χ3v) is 5.69. The minimum atomic E-state index is 0.762.